The van der Waals surface area contributed by atoms with Crippen molar-refractivity contribution in [3.05, 3.63) is 101 Å². The van der Waals surface area contributed by atoms with Gasteiger partial charge in [0.25, 0.3) is 11.2 Å². The number of Topliss-reactive ketones (excluding diaryl/α,β-unsaturated/α-hetero) is 1. The Kier molecular flexibility index (Phi) is 5.26. The summed E-state index contributed by atoms with van der Waals surface area (Å²) in [6, 6.07) is 13.0. The Balaban J connectivity index is 1.75. The van der Waals surface area contributed by atoms with E-state index in [4.69, 9.17) is 4.74 Å². The number of rotatable bonds is 4. The van der Waals surface area contributed by atoms with Crippen LogP contribution in [0, 0.1) is 10.1 Å². The average Bonchev–Trinajstić information content (AvgIpc) is 3.13. The van der Waals surface area contributed by atoms with Crippen molar-refractivity contribution in [2.24, 2.45) is 4.99 Å². The first-order valence-corrected chi connectivity index (χ1v) is 11.2. The first kappa shape index (κ1) is 21.0. The van der Waals surface area contributed by atoms with E-state index in [-0.39, 0.29) is 17.0 Å². The number of nitro benzene ring substituents is 1. The number of carbonyl (C=O) groups is 1. The third-order valence-electron chi connectivity index (χ3n) is 5.88. The predicted molar refractivity (Wildman–Crippen MR) is 123 cm³/mol. The molecule has 0 N–H and O–H groups in total. The first-order valence-electron chi connectivity index (χ1n) is 10.4. The summed E-state index contributed by atoms with van der Waals surface area (Å²) in [6.07, 6.45) is 3.34. The molecular weight excluding hydrogens is 442 g/mol. The van der Waals surface area contributed by atoms with Gasteiger partial charge in [0.1, 0.15) is 5.75 Å². The summed E-state index contributed by atoms with van der Waals surface area (Å²) >= 11 is 1.18. The number of allylic oxidation sites excluding steroid dienone is 2. The van der Waals surface area contributed by atoms with Gasteiger partial charge < -0.3 is 4.74 Å². The first-order chi connectivity index (χ1) is 16.0. The maximum atomic E-state index is 13.5. The number of methoxy groups -OCH3 is 1. The topological polar surface area (TPSA) is 104 Å². The summed E-state index contributed by atoms with van der Waals surface area (Å²) in [6.45, 7) is 0. The van der Waals surface area contributed by atoms with Gasteiger partial charge in [0.15, 0.2) is 10.6 Å². The maximum absolute atomic E-state index is 13.5. The SMILES string of the molecule is COc1ccc(C2C3=C(CCCC3=O)N=c3sc(=Cc4ccccc4[N+](=O)[O-])c(=O)n32)cc1. The average molecular weight is 461 g/mol. The monoisotopic (exact) mass is 461 g/mol. The Hall–Kier alpha value is -3.85. The fourth-order valence-corrected chi connectivity index (χ4v) is 5.34. The molecule has 2 aromatic carbocycles. The number of hydrogen-bond acceptors (Lipinski definition) is 7. The Morgan fingerprint density at radius 1 is 1.15 bits per heavy atom. The van der Waals surface area contributed by atoms with Crippen molar-refractivity contribution in [1.82, 2.24) is 4.57 Å². The van der Waals surface area contributed by atoms with Crippen LogP contribution in [0.5, 0.6) is 5.75 Å². The van der Waals surface area contributed by atoms with Crippen LogP contribution in [0.1, 0.15) is 36.4 Å². The van der Waals surface area contributed by atoms with E-state index in [1.165, 1.54) is 28.0 Å². The smallest absolute Gasteiger partial charge is 0.276 e. The molecule has 166 valence electrons. The third-order valence-corrected chi connectivity index (χ3v) is 6.86. The molecule has 1 aliphatic heterocycles. The lowest BCUT2D eigenvalue weighted by Gasteiger charge is -2.28. The van der Waals surface area contributed by atoms with E-state index in [0.29, 0.717) is 44.8 Å². The van der Waals surface area contributed by atoms with Crippen LogP contribution >= 0.6 is 11.3 Å². The Bertz CT molecular complexity index is 1500. The van der Waals surface area contributed by atoms with Gasteiger partial charge >= 0.3 is 0 Å². The second-order valence-corrected chi connectivity index (χ2v) is 8.82. The minimum Gasteiger partial charge on any atom is -0.497 e. The van der Waals surface area contributed by atoms with Crippen molar-refractivity contribution < 1.29 is 14.5 Å². The minimum absolute atomic E-state index is 0.00575. The molecule has 0 amide bonds. The fraction of sp³-hybridized carbons (Fsp3) is 0.208. The third kappa shape index (κ3) is 3.60. The van der Waals surface area contributed by atoms with Crippen molar-refractivity contribution in [2.45, 2.75) is 25.3 Å². The van der Waals surface area contributed by atoms with E-state index in [1.54, 1.807) is 37.4 Å². The van der Waals surface area contributed by atoms with Gasteiger partial charge in [-0.1, -0.05) is 35.6 Å². The van der Waals surface area contributed by atoms with Crippen LogP contribution in [0.25, 0.3) is 6.08 Å². The van der Waals surface area contributed by atoms with Gasteiger partial charge in [-0.25, -0.2) is 4.99 Å². The van der Waals surface area contributed by atoms with Crippen LogP contribution in [0.2, 0.25) is 0 Å². The number of nitrogens with zero attached hydrogens (tertiary/aromatic N) is 3. The fourth-order valence-electron chi connectivity index (χ4n) is 4.33. The highest BCUT2D eigenvalue weighted by molar-refractivity contribution is 7.07. The zero-order valence-corrected chi connectivity index (χ0v) is 18.5. The van der Waals surface area contributed by atoms with Gasteiger partial charge in [0.2, 0.25) is 0 Å². The van der Waals surface area contributed by atoms with Crippen LogP contribution < -0.4 is 19.6 Å². The van der Waals surface area contributed by atoms with Crippen molar-refractivity contribution in [3.63, 3.8) is 0 Å². The highest BCUT2D eigenvalue weighted by Crippen LogP contribution is 2.36. The number of hydrogen-bond donors (Lipinski definition) is 0. The Labute approximate surface area is 191 Å². The minimum atomic E-state index is -0.595. The van der Waals surface area contributed by atoms with Crippen molar-refractivity contribution >= 4 is 28.9 Å². The summed E-state index contributed by atoms with van der Waals surface area (Å²) in [4.78, 5) is 42.6. The molecule has 2 heterocycles. The molecule has 2 aliphatic rings. The molecule has 0 spiro atoms. The molecule has 33 heavy (non-hydrogen) atoms. The second-order valence-electron chi connectivity index (χ2n) is 7.81. The summed E-state index contributed by atoms with van der Waals surface area (Å²) < 4.78 is 7.12. The van der Waals surface area contributed by atoms with Gasteiger partial charge in [-0.3, -0.25) is 24.3 Å². The van der Waals surface area contributed by atoms with E-state index in [1.807, 2.05) is 12.1 Å². The summed E-state index contributed by atoms with van der Waals surface area (Å²) in [5.41, 5.74) is 1.98. The van der Waals surface area contributed by atoms with Crippen LogP contribution in [0.15, 0.2) is 69.6 Å². The van der Waals surface area contributed by atoms with Crippen LogP contribution in [-0.4, -0.2) is 22.4 Å². The molecular formula is C24H19N3O5S. The summed E-state index contributed by atoms with van der Waals surface area (Å²) in [5.74, 6) is 0.667. The molecule has 0 radical (unpaired) electrons. The molecule has 5 rings (SSSR count). The number of nitro groups is 1. The van der Waals surface area contributed by atoms with Gasteiger partial charge in [0.05, 0.1) is 33.9 Å². The number of fused-ring (bicyclic) bond motifs is 1. The second kappa shape index (κ2) is 8.25. The molecule has 1 unspecified atom stereocenters. The molecule has 0 bridgehead atoms. The lowest BCUT2D eigenvalue weighted by Crippen LogP contribution is -2.40. The molecule has 1 atom stereocenters. The van der Waals surface area contributed by atoms with E-state index in [0.717, 1.165) is 12.0 Å². The van der Waals surface area contributed by atoms with E-state index in [2.05, 4.69) is 4.99 Å². The van der Waals surface area contributed by atoms with E-state index in [9.17, 15) is 19.7 Å². The lowest BCUT2D eigenvalue weighted by molar-refractivity contribution is -0.385. The van der Waals surface area contributed by atoms with E-state index < -0.39 is 11.0 Å². The molecule has 1 aromatic heterocycles. The molecule has 0 saturated heterocycles. The number of para-hydroxylation sites is 1. The number of ether oxygens (including phenoxy) is 1. The van der Waals surface area contributed by atoms with Crippen LogP contribution in [0.4, 0.5) is 5.69 Å². The Morgan fingerprint density at radius 3 is 2.64 bits per heavy atom. The number of ketones is 1. The van der Waals surface area contributed by atoms with Crippen LogP contribution in [-0.2, 0) is 4.79 Å². The van der Waals surface area contributed by atoms with Crippen molar-refractivity contribution in [2.75, 3.05) is 7.11 Å². The van der Waals surface area contributed by atoms with Gasteiger partial charge in [-0.15, -0.1) is 0 Å². The molecule has 3 aromatic rings. The molecule has 0 fully saturated rings. The molecule has 9 heteroatoms. The molecule has 1 aliphatic carbocycles. The maximum Gasteiger partial charge on any atom is 0.276 e. The zero-order chi connectivity index (χ0) is 23.1. The predicted octanol–water partition coefficient (Wildman–Crippen LogP) is 2.89. The van der Waals surface area contributed by atoms with E-state index >= 15 is 0 Å². The zero-order valence-electron chi connectivity index (χ0n) is 17.7. The summed E-state index contributed by atoms with van der Waals surface area (Å²) in [5, 5.41) is 11.4. The number of benzene rings is 2. The standard InChI is InChI=1S/C24H19N3O5S/c1-32-16-11-9-14(10-12-16)22-21-17(6-4-8-19(21)28)25-24-26(22)23(29)20(33-24)13-15-5-2-3-7-18(15)27(30)31/h2-3,5,7,9-13,22H,4,6,8H2,1H3. The number of carbonyl (C=O) groups excluding carboxylic acids is 1. The van der Waals surface area contributed by atoms with Gasteiger partial charge in [0, 0.05) is 18.1 Å². The van der Waals surface area contributed by atoms with Crippen LogP contribution in [0.3, 0.4) is 0 Å². The largest absolute Gasteiger partial charge is 0.497 e. The van der Waals surface area contributed by atoms with Crippen molar-refractivity contribution in [3.8, 4) is 5.75 Å². The van der Waals surface area contributed by atoms with Gasteiger partial charge in [-0.05, 0) is 42.7 Å². The normalized spacial score (nSPS) is 17.9. The molecule has 0 saturated carbocycles. The number of thiazole rings is 1. The molecule has 8 nitrogen and oxygen atoms in total. The highest BCUT2D eigenvalue weighted by atomic mass is 32.1. The number of aromatic nitrogens is 1. The Morgan fingerprint density at radius 2 is 1.91 bits per heavy atom. The van der Waals surface area contributed by atoms with Crippen molar-refractivity contribution in [1.29, 1.82) is 0 Å². The van der Waals surface area contributed by atoms with Gasteiger partial charge in [-0.2, -0.15) is 0 Å². The highest BCUT2D eigenvalue weighted by Gasteiger charge is 2.35. The quantitative estimate of drug-likeness (QED) is 0.439. The lowest BCUT2D eigenvalue weighted by atomic mass is 9.86. The summed E-state index contributed by atoms with van der Waals surface area (Å²) in [7, 11) is 1.58.